The highest BCUT2D eigenvalue weighted by atomic mass is 16.7. The summed E-state index contributed by atoms with van der Waals surface area (Å²) in [4.78, 5) is 0. The van der Waals surface area contributed by atoms with E-state index in [4.69, 9.17) is 9.84 Å². The molecule has 1 unspecified atom stereocenters. The lowest BCUT2D eigenvalue weighted by Gasteiger charge is -2.31. The van der Waals surface area contributed by atoms with Crippen molar-refractivity contribution >= 4 is 0 Å². The van der Waals surface area contributed by atoms with Gasteiger partial charge in [-0.25, -0.2) is 0 Å². The van der Waals surface area contributed by atoms with Crippen molar-refractivity contribution in [2.75, 3.05) is 6.61 Å². The van der Waals surface area contributed by atoms with Gasteiger partial charge >= 0.3 is 0 Å². The number of rotatable bonds is 0. The van der Waals surface area contributed by atoms with Gasteiger partial charge in [0.2, 0.25) is 5.79 Å². The zero-order valence-corrected chi connectivity index (χ0v) is 5.77. The molecule has 4 atom stereocenters. The Balaban J connectivity index is 2.21. The van der Waals surface area contributed by atoms with Crippen molar-refractivity contribution in [2.24, 2.45) is 0 Å². The minimum atomic E-state index is -1.65. The second-order valence-electron chi connectivity index (χ2n) is 3.21. The van der Waals surface area contributed by atoms with Crippen LogP contribution >= 0.6 is 0 Å². The Morgan fingerprint density at radius 1 is 1.27 bits per heavy atom. The Hall–Kier alpha value is -0.200. The average Bonchev–Trinajstić information content (AvgIpc) is 2.50. The highest BCUT2D eigenvalue weighted by Crippen LogP contribution is 2.54. The molecule has 11 heavy (non-hydrogen) atoms. The molecule has 0 bridgehead atoms. The van der Waals surface area contributed by atoms with Gasteiger partial charge in [-0.1, -0.05) is 0 Å². The largest absolute Gasteiger partial charge is 0.388 e. The van der Waals surface area contributed by atoms with E-state index >= 15 is 0 Å². The Kier molecular flexibility index (Phi) is 1.19. The van der Waals surface area contributed by atoms with Gasteiger partial charge in [0.25, 0.3) is 0 Å². The zero-order chi connectivity index (χ0) is 8.28. The van der Waals surface area contributed by atoms with E-state index in [1.165, 1.54) is 0 Å². The van der Waals surface area contributed by atoms with Gasteiger partial charge in [-0.15, -0.1) is 0 Å². The summed E-state index contributed by atoms with van der Waals surface area (Å²) in [6, 6.07) is 0. The Labute approximate surface area is 62.8 Å². The monoisotopic (exact) mass is 162 g/mol. The van der Waals surface area contributed by atoms with Gasteiger partial charge in [0.05, 0.1) is 6.61 Å². The van der Waals surface area contributed by atoms with Crippen LogP contribution in [0.5, 0.6) is 0 Å². The van der Waals surface area contributed by atoms with E-state index in [0.717, 1.165) is 0 Å². The molecule has 5 nitrogen and oxygen atoms in total. The molecule has 0 aromatic heterocycles. The molecule has 0 spiro atoms. The van der Waals surface area contributed by atoms with Crippen molar-refractivity contribution in [3.63, 3.8) is 0 Å². The first-order valence-corrected chi connectivity index (χ1v) is 3.44. The summed E-state index contributed by atoms with van der Waals surface area (Å²) in [6.07, 6.45) is -2.44. The molecule has 1 aliphatic carbocycles. The number of hydrogen-bond acceptors (Lipinski definition) is 5. The van der Waals surface area contributed by atoms with E-state index in [1.54, 1.807) is 0 Å². The minimum absolute atomic E-state index is 0.0295. The van der Waals surface area contributed by atoms with Crippen LogP contribution in [0, 0.1) is 0 Å². The maximum atomic E-state index is 9.36. The normalized spacial score (nSPS) is 62.2. The average molecular weight is 162 g/mol. The molecule has 0 aromatic carbocycles. The topological polar surface area (TPSA) is 90.2 Å². The van der Waals surface area contributed by atoms with Crippen LogP contribution in [0.2, 0.25) is 0 Å². The van der Waals surface area contributed by atoms with Crippen LogP contribution < -0.4 is 0 Å². The summed E-state index contributed by atoms with van der Waals surface area (Å²) in [7, 11) is 0. The number of hydrogen-bond donors (Lipinski definition) is 4. The number of aliphatic hydroxyl groups excluding tert-OH is 2. The van der Waals surface area contributed by atoms with Gasteiger partial charge in [0.15, 0.2) is 5.60 Å². The maximum Gasteiger partial charge on any atom is 0.200 e. The Morgan fingerprint density at radius 3 is 2.45 bits per heavy atom. The second-order valence-corrected chi connectivity index (χ2v) is 3.21. The lowest BCUT2D eigenvalue weighted by molar-refractivity contribution is -0.254. The molecule has 64 valence electrons. The van der Waals surface area contributed by atoms with Gasteiger partial charge in [-0.05, 0) is 0 Å². The van der Waals surface area contributed by atoms with E-state index in [0.29, 0.717) is 0 Å². The van der Waals surface area contributed by atoms with E-state index < -0.39 is 23.6 Å². The highest BCUT2D eigenvalue weighted by molar-refractivity contribution is 5.19. The van der Waals surface area contributed by atoms with Gasteiger partial charge < -0.3 is 25.2 Å². The second kappa shape index (κ2) is 1.75. The molecule has 1 aliphatic heterocycles. The van der Waals surface area contributed by atoms with Crippen LogP contribution in [0.15, 0.2) is 0 Å². The van der Waals surface area contributed by atoms with Gasteiger partial charge in [0, 0.05) is 6.42 Å². The molecule has 1 heterocycles. The van der Waals surface area contributed by atoms with Crippen molar-refractivity contribution in [3.8, 4) is 0 Å². The highest BCUT2D eigenvalue weighted by Gasteiger charge is 2.75. The third-order valence-corrected chi connectivity index (χ3v) is 2.41. The minimum Gasteiger partial charge on any atom is -0.388 e. The van der Waals surface area contributed by atoms with E-state index in [9.17, 15) is 15.3 Å². The summed E-state index contributed by atoms with van der Waals surface area (Å²) >= 11 is 0. The fourth-order valence-electron chi connectivity index (χ4n) is 1.47. The first-order chi connectivity index (χ1) is 5.00. The molecular weight excluding hydrogens is 152 g/mol. The molecule has 1 saturated heterocycles. The summed E-state index contributed by atoms with van der Waals surface area (Å²) < 4.78 is 4.72. The van der Waals surface area contributed by atoms with Crippen molar-refractivity contribution in [1.82, 2.24) is 0 Å². The van der Waals surface area contributed by atoms with E-state index in [-0.39, 0.29) is 13.0 Å². The SMILES string of the molecule is O[C@@H]1[C@@H](O)COC2(O)C[C@]12O. The number of aliphatic hydroxyl groups is 4. The standard InChI is InChI=1S/C6H10O5/c7-3-1-11-6(10)2-5(6,9)4(3)8/h3-4,7-10H,1-2H2/t3-,4+,5-,6?/m0/s1. The van der Waals surface area contributed by atoms with Crippen molar-refractivity contribution in [3.05, 3.63) is 0 Å². The van der Waals surface area contributed by atoms with Gasteiger partial charge in [-0.2, -0.15) is 0 Å². The fourth-order valence-corrected chi connectivity index (χ4v) is 1.47. The van der Waals surface area contributed by atoms with Crippen molar-refractivity contribution < 1.29 is 25.2 Å². The first-order valence-electron chi connectivity index (χ1n) is 3.44. The first kappa shape index (κ1) is 7.45. The summed E-state index contributed by atoms with van der Waals surface area (Å²) in [6.45, 7) is -0.139. The third-order valence-electron chi connectivity index (χ3n) is 2.41. The van der Waals surface area contributed by atoms with Crippen LogP contribution in [0.1, 0.15) is 6.42 Å². The van der Waals surface area contributed by atoms with Crippen LogP contribution in [0.25, 0.3) is 0 Å². The lowest BCUT2D eigenvalue weighted by atomic mass is 10.0. The summed E-state index contributed by atoms with van der Waals surface area (Å²) in [5.74, 6) is -1.62. The van der Waals surface area contributed by atoms with Gasteiger partial charge in [-0.3, -0.25) is 0 Å². The summed E-state index contributed by atoms with van der Waals surface area (Å²) in [5.41, 5.74) is -1.65. The molecule has 2 fully saturated rings. The van der Waals surface area contributed by atoms with Crippen LogP contribution in [-0.4, -0.2) is 50.6 Å². The van der Waals surface area contributed by atoms with E-state index in [1.807, 2.05) is 0 Å². The molecular formula is C6H10O5. The van der Waals surface area contributed by atoms with Crippen LogP contribution in [0.3, 0.4) is 0 Å². The van der Waals surface area contributed by atoms with Crippen molar-refractivity contribution in [1.29, 1.82) is 0 Å². The van der Waals surface area contributed by atoms with Crippen LogP contribution in [-0.2, 0) is 4.74 Å². The number of ether oxygens (including phenoxy) is 1. The summed E-state index contributed by atoms with van der Waals surface area (Å²) in [5, 5.41) is 36.8. The van der Waals surface area contributed by atoms with Crippen LogP contribution in [0.4, 0.5) is 0 Å². The van der Waals surface area contributed by atoms with Gasteiger partial charge in [0.1, 0.15) is 12.2 Å². The third kappa shape index (κ3) is 0.719. The quantitative estimate of drug-likeness (QED) is 0.318. The van der Waals surface area contributed by atoms with Crippen molar-refractivity contribution in [2.45, 2.75) is 30.0 Å². The number of fused-ring (bicyclic) bond motifs is 1. The van der Waals surface area contributed by atoms with E-state index in [2.05, 4.69) is 0 Å². The predicted octanol–water partition coefficient (Wildman–Crippen LogP) is -2.44. The Bertz CT molecular complexity index is 191. The fraction of sp³-hybridized carbons (Fsp3) is 1.00. The maximum absolute atomic E-state index is 9.36. The Morgan fingerprint density at radius 2 is 1.91 bits per heavy atom. The molecule has 5 heteroatoms. The molecule has 4 N–H and O–H groups in total. The molecule has 2 rings (SSSR count). The zero-order valence-electron chi connectivity index (χ0n) is 5.77. The lowest BCUT2D eigenvalue weighted by Crippen LogP contribution is -2.52. The molecule has 0 radical (unpaired) electrons. The smallest absolute Gasteiger partial charge is 0.200 e. The predicted molar refractivity (Wildman–Crippen MR) is 32.5 cm³/mol. The molecule has 1 saturated carbocycles. The molecule has 2 aliphatic rings. The molecule has 0 amide bonds. The molecule has 0 aromatic rings.